The summed E-state index contributed by atoms with van der Waals surface area (Å²) in [6, 6.07) is 7.66. The topological polar surface area (TPSA) is 17.8 Å². The van der Waals surface area contributed by atoms with Crippen LogP contribution in [0.15, 0.2) is 30.5 Å². The molecule has 71 valence electrons. The van der Waals surface area contributed by atoms with Crippen molar-refractivity contribution < 1.29 is 0 Å². The maximum atomic E-state index is 5.81. The van der Waals surface area contributed by atoms with E-state index in [0.717, 1.165) is 23.0 Å². The molecule has 1 aromatic carbocycles. The van der Waals surface area contributed by atoms with Gasteiger partial charge in [0.1, 0.15) is 5.82 Å². The van der Waals surface area contributed by atoms with Crippen molar-refractivity contribution in [3.63, 3.8) is 0 Å². The lowest BCUT2D eigenvalue weighted by Gasteiger charge is -2.03. The van der Waals surface area contributed by atoms with Crippen LogP contribution in [0, 0.1) is 6.20 Å². The van der Waals surface area contributed by atoms with Gasteiger partial charge in [0.15, 0.2) is 0 Å². The molecule has 2 aromatic rings. The van der Waals surface area contributed by atoms with Crippen molar-refractivity contribution in [2.45, 2.75) is 13.5 Å². The molecule has 1 heterocycles. The van der Waals surface area contributed by atoms with Gasteiger partial charge in [-0.05, 0) is 31.2 Å². The number of aromatic nitrogens is 2. The third-order valence-electron chi connectivity index (χ3n) is 2.07. The van der Waals surface area contributed by atoms with Crippen molar-refractivity contribution >= 4 is 11.6 Å². The molecular formula is C11H10ClN2. The highest BCUT2D eigenvalue weighted by atomic mass is 35.5. The van der Waals surface area contributed by atoms with Crippen molar-refractivity contribution in [3.05, 3.63) is 41.7 Å². The van der Waals surface area contributed by atoms with E-state index in [1.807, 2.05) is 28.8 Å². The number of imidazole rings is 1. The molecule has 1 radical (unpaired) electrons. The molecule has 0 saturated heterocycles. The van der Waals surface area contributed by atoms with E-state index in [9.17, 15) is 0 Å². The molecule has 0 amide bonds. The first-order valence-electron chi connectivity index (χ1n) is 4.50. The fourth-order valence-electron chi connectivity index (χ4n) is 1.36. The average molecular weight is 206 g/mol. The second-order valence-electron chi connectivity index (χ2n) is 2.96. The van der Waals surface area contributed by atoms with Gasteiger partial charge in [0.2, 0.25) is 0 Å². The van der Waals surface area contributed by atoms with E-state index in [1.165, 1.54) is 0 Å². The quantitative estimate of drug-likeness (QED) is 0.737. The Labute approximate surface area is 88.2 Å². The van der Waals surface area contributed by atoms with Crippen LogP contribution in [0.1, 0.15) is 6.92 Å². The van der Waals surface area contributed by atoms with Crippen LogP contribution in [0.25, 0.3) is 11.4 Å². The lowest BCUT2D eigenvalue weighted by Crippen LogP contribution is -1.95. The fraction of sp³-hybridized carbons (Fsp3) is 0.182. The Kier molecular flexibility index (Phi) is 2.55. The summed E-state index contributed by atoms with van der Waals surface area (Å²) in [5.41, 5.74) is 1.07. The molecule has 0 unspecified atom stereocenters. The van der Waals surface area contributed by atoms with E-state index >= 15 is 0 Å². The summed E-state index contributed by atoms with van der Waals surface area (Å²) in [5, 5.41) is 0.743. The monoisotopic (exact) mass is 205 g/mol. The van der Waals surface area contributed by atoms with E-state index in [0.29, 0.717) is 0 Å². The van der Waals surface area contributed by atoms with Crippen LogP contribution in [0.2, 0.25) is 5.02 Å². The molecular weight excluding hydrogens is 196 g/mol. The maximum absolute atomic E-state index is 5.81. The molecule has 0 aliphatic heterocycles. The normalized spacial score (nSPS) is 10.4. The zero-order valence-electron chi connectivity index (χ0n) is 7.87. The number of nitrogens with zero attached hydrogens (tertiary/aromatic N) is 2. The number of halogens is 1. The number of benzene rings is 1. The third-order valence-corrected chi connectivity index (χ3v) is 2.33. The van der Waals surface area contributed by atoms with Crippen LogP contribution < -0.4 is 0 Å². The molecule has 0 bridgehead atoms. The summed E-state index contributed by atoms with van der Waals surface area (Å²) in [7, 11) is 0. The lowest BCUT2D eigenvalue weighted by molar-refractivity contribution is 0.765. The average Bonchev–Trinajstić information content (AvgIpc) is 2.67. The van der Waals surface area contributed by atoms with Gasteiger partial charge in [0.05, 0.1) is 12.4 Å². The molecule has 0 fully saturated rings. The van der Waals surface area contributed by atoms with Crippen LogP contribution in [0.3, 0.4) is 0 Å². The Balaban J connectivity index is 2.44. The van der Waals surface area contributed by atoms with Gasteiger partial charge in [-0.3, -0.25) is 0 Å². The van der Waals surface area contributed by atoms with Crippen LogP contribution >= 0.6 is 11.6 Å². The Hall–Kier alpha value is -1.28. The molecule has 0 spiro atoms. The highest BCUT2D eigenvalue weighted by Crippen LogP contribution is 2.19. The van der Waals surface area contributed by atoms with Crippen molar-refractivity contribution in [3.8, 4) is 11.4 Å². The Morgan fingerprint density at radius 2 is 2.07 bits per heavy atom. The second kappa shape index (κ2) is 3.84. The van der Waals surface area contributed by atoms with E-state index in [4.69, 9.17) is 11.6 Å². The minimum Gasteiger partial charge on any atom is -0.323 e. The first-order valence-corrected chi connectivity index (χ1v) is 4.88. The SMILES string of the molecule is CCn1[c]cnc1-c1ccc(Cl)cc1. The van der Waals surface area contributed by atoms with E-state index < -0.39 is 0 Å². The summed E-state index contributed by atoms with van der Waals surface area (Å²) in [6.45, 7) is 2.94. The maximum Gasteiger partial charge on any atom is 0.140 e. The highest BCUT2D eigenvalue weighted by Gasteiger charge is 2.03. The molecule has 2 rings (SSSR count). The summed E-state index contributed by atoms with van der Waals surface area (Å²) < 4.78 is 1.98. The molecule has 1 aromatic heterocycles. The zero-order valence-corrected chi connectivity index (χ0v) is 8.62. The molecule has 0 aliphatic rings. The van der Waals surface area contributed by atoms with Crippen LogP contribution in [-0.4, -0.2) is 9.55 Å². The molecule has 0 aliphatic carbocycles. The second-order valence-corrected chi connectivity index (χ2v) is 3.40. The van der Waals surface area contributed by atoms with Gasteiger partial charge in [-0.15, -0.1) is 0 Å². The molecule has 0 N–H and O–H groups in total. The number of hydrogen-bond donors (Lipinski definition) is 0. The Bertz CT molecular complexity index is 417. The molecule has 14 heavy (non-hydrogen) atoms. The standard InChI is InChI=1S/C11H10ClN2/c1-2-14-8-7-13-11(14)9-3-5-10(12)6-4-9/h3-7H,2H2,1H3. The lowest BCUT2D eigenvalue weighted by atomic mass is 10.2. The molecule has 0 saturated carbocycles. The van der Waals surface area contributed by atoms with Gasteiger partial charge in [0, 0.05) is 17.1 Å². The zero-order chi connectivity index (χ0) is 9.97. The predicted octanol–water partition coefficient (Wildman–Crippen LogP) is 3.02. The van der Waals surface area contributed by atoms with E-state index in [1.54, 1.807) is 6.20 Å². The molecule has 2 nitrogen and oxygen atoms in total. The van der Waals surface area contributed by atoms with Crippen molar-refractivity contribution in [1.29, 1.82) is 0 Å². The van der Waals surface area contributed by atoms with Gasteiger partial charge in [-0.1, -0.05) is 11.6 Å². The predicted molar refractivity (Wildman–Crippen MR) is 57.2 cm³/mol. The number of hydrogen-bond acceptors (Lipinski definition) is 1. The molecule has 0 atom stereocenters. The van der Waals surface area contributed by atoms with Crippen molar-refractivity contribution in [2.24, 2.45) is 0 Å². The minimum absolute atomic E-state index is 0.743. The Morgan fingerprint density at radius 1 is 1.36 bits per heavy atom. The van der Waals surface area contributed by atoms with Gasteiger partial charge < -0.3 is 4.57 Å². The minimum atomic E-state index is 0.743. The fourth-order valence-corrected chi connectivity index (χ4v) is 1.49. The first-order chi connectivity index (χ1) is 6.81. The number of rotatable bonds is 2. The van der Waals surface area contributed by atoms with Crippen LogP contribution in [0.4, 0.5) is 0 Å². The number of aryl methyl sites for hydroxylation is 1. The van der Waals surface area contributed by atoms with Crippen molar-refractivity contribution in [1.82, 2.24) is 9.55 Å². The summed E-state index contributed by atoms with van der Waals surface area (Å²) in [4.78, 5) is 4.25. The summed E-state index contributed by atoms with van der Waals surface area (Å²) >= 11 is 5.81. The smallest absolute Gasteiger partial charge is 0.140 e. The first kappa shape index (κ1) is 9.28. The highest BCUT2D eigenvalue weighted by molar-refractivity contribution is 6.30. The largest absolute Gasteiger partial charge is 0.323 e. The van der Waals surface area contributed by atoms with Crippen LogP contribution in [-0.2, 0) is 6.54 Å². The van der Waals surface area contributed by atoms with E-state index in [-0.39, 0.29) is 0 Å². The Morgan fingerprint density at radius 3 is 2.71 bits per heavy atom. The molecule has 3 heteroatoms. The summed E-state index contributed by atoms with van der Waals surface area (Å²) in [6.07, 6.45) is 4.73. The van der Waals surface area contributed by atoms with Gasteiger partial charge in [0.25, 0.3) is 0 Å². The van der Waals surface area contributed by atoms with E-state index in [2.05, 4.69) is 18.1 Å². The van der Waals surface area contributed by atoms with Gasteiger partial charge in [-0.2, -0.15) is 0 Å². The van der Waals surface area contributed by atoms with Gasteiger partial charge >= 0.3 is 0 Å². The van der Waals surface area contributed by atoms with Crippen molar-refractivity contribution in [2.75, 3.05) is 0 Å². The summed E-state index contributed by atoms with van der Waals surface area (Å²) in [5.74, 6) is 0.934. The third kappa shape index (κ3) is 1.66. The van der Waals surface area contributed by atoms with Gasteiger partial charge in [-0.25, -0.2) is 4.98 Å². The van der Waals surface area contributed by atoms with Crippen LogP contribution in [0.5, 0.6) is 0 Å².